The van der Waals surface area contributed by atoms with Crippen molar-refractivity contribution in [2.24, 2.45) is 0 Å². The second kappa shape index (κ2) is 3.94. The number of rotatable bonds is 2. The molecule has 0 saturated carbocycles. The maximum Gasteiger partial charge on any atom is 0.165 e. The average Bonchev–Trinajstić information content (AvgIpc) is 2.94. The summed E-state index contributed by atoms with van der Waals surface area (Å²) in [4.78, 5) is 12.4. The highest BCUT2D eigenvalue weighted by molar-refractivity contribution is 5.81. The number of aliphatic hydroxyl groups is 1. The Balaban J connectivity index is 1.99. The molecule has 1 fully saturated rings. The van der Waals surface area contributed by atoms with Crippen LogP contribution < -0.4 is 11.1 Å². The number of nitrogens with zero attached hydrogens (tertiary/aromatic N) is 4. The molecule has 7 heteroatoms. The van der Waals surface area contributed by atoms with Crippen LogP contribution >= 0.6 is 0 Å². The first kappa shape index (κ1) is 10.4. The Hall–Kier alpha value is -1.73. The molecule has 0 aliphatic carbocycles. The molecule has 0 aromatic carbocycles. The summed E-state index contributed by atoms with van der Waals surface area (Å²) in [5.41, 5.74) is 7.13. The fraction of sp³-hybridized carbons (Fsp3) is 0.500. The smallest absolute Gasteiger partial charge is 0.165 e. The molecule has 2 aromatic heterocycles. The van der Waals surface area contributed by atoms with Gasteiger partial charge in [-0.1, -0.05) is 0 Å². The van der Waals surface area contributed by atoms with Crippen molar-refractivity contribution in [1.82, 2.24) is 24.8 Å². The Kier molecular flexibility index (Phi) is 2.41. The first-order chi connectivity index (χ1) is 8.29. The predicted octanol–water partition coefficient (Wildman–Crippen LogP) is -0.696. The van der Waals surface area contributed by atoms with E-state index in [9.17, 15) is 0 Å². The van der Waals surface area contributed by atoms with E-state index in [0.29, 0.717) is 11.3 Å². The molecule has 0 amide bonds. The van der Waals surface area contributed by atoms with Crippen LogP contribution in [-0.2, 0) is 0 Å². The molecule has 17 heavy (non-hydrogen) atoms. The Morgan fingerprint density at radius 3 is 3.12 bits per heavy atom. The van der Waals surface area contributed by atoms with Crippen LogP contribution in [0.15, 0.2) is 12.7 Å². The molecule has 4 N–H and O–H groups in total. The standard InChI is InChI=1S/C10H14N6O/c11-9-8-10(14-4-13-9)16(5-15-8)7-1-6(3-17)12-2-7/h4-7,12,17H,1-3H2,(H2,11,13,14)/t6-,7?/m1/s1. The fourth-order valence-electron chi connectivity index (χ4n) is 2.29. The van der Waals surface area contributed by atoms with Crippen molar-refractivity contribution in [2.45, 2.75) is 18.5 Å². The number of aliphatic hydroxyl groups excluding tert-OH is 1. The maximum absolute atomic E-state index is 9.11. The van der Waals surface area contributed by atoms with Crippen LogP contribution in [0.1, 0.15) is 12.5 Å². The third kappa shape index (κ3) is 1.63. The fourth-order valence-corrected chi connectivity index (χ4v) is 2.29. The molecule has 2 aromatic rings. The van der Waals surface area contributed by atoms with Gasteiger partial charge in [-0.2, -0.15) is 0 Å². The number of nitrogens with two attached hydrogens (primary N) is 1. The molecule has 1 saturated heterocycles. The zero-order valence-corrected chi connectivity index (χ0v) is 9.24. The molecule has 0 radical (unpaired) electrons. The lowest BCUT2D eigenvalue weighted by molar-refractivity contribution is 0.253. The van der Waals surface area contributed by atoms with E-state index in [0.717, 1.165) is 18.6 Å². The van der Waals surface area contributed by atoms with Gasteiger partial charge in [0.15, 0.2) is 11.5 Å². The number of imidazole rings is 1. The minimum absolute atomic E-state index is 0.150. The summed E-state index contributed by atoms with van der Waals surface area (Å²) < 4.78 is 2.00. The van der Waals surface area contributed by atoms with Crippen molar-refractivity contribution in [1.29, 1.82) is 0 Å². The van der Waals surface area contributed by atoms with Crippen LogP contribution in [0.25, 0.3) is 11.2 Å². The molecule has 90 valence electrons. The summed E-state index contributed by atoms with van der Waals surface area (Å²) in [6, 6.07) is 0.406. The van der Waals surface area contributed by atoms with E-state index in [2.05, 4.69) is 20.3 Å². The summed E-state index contributed by atoms with van der Waals surface area (Å²) in [5.74, 6) is 0.401. The lowest BCUT2D eigenvalue weighted by Crippen LogP contribution is -2.24. The van der Waals surface area contributed by atoms with Crippen molar-refractivity contribution < 1.29 is 5.11 Å². The molecule has 3 rings (SSSR count). The van der Waals surface area contributed by atoms with E-state index in [1.54, 1.807) is 6.33 Å². The third-order valence-electron chi connectivity index (χ3n) is 3.20. The van der Waals surface area contributed by atoms with Crippen molar-refractivity contribution >= 4 is 17.0 Å². The van der Waals surface area contributed by atoms with Gasteiger partial charge in [0, 0.05) is 12.6 Å². The highest BCUT2D eigenvalue weighted by Gasteiger charge is 2.26. The van der Waals surface area contributed by atoms with Crippen LogP contribution in [0.2, 0.25) is 0 Å². The van der Waals surface area contributed by atoms with E-state index in [1.165, 1.54) is 6.33 Å². The number of hydrogen-bond acceptors (Lipinski definition) is 6. The minimum Gasteiger partial charge on any atom is -0.395 e. The van der Waals surface area contributed by atoms with Gasteiger partial charge in [0.1, 0.15) is 11.8 Å². The van der Waals surface area contributed by atoms with Crippen molar-refractivity contribution in [2.75, 3.05) is 18.9 Å². The lowest BCUT2D eigenvalue weighted by atomic mass is 10.2. The predicted molar refractivity (Wildman–Crippen MR) is 62.3 cm³/mol. The largest absolute Gasteiger partial charge is 0.395 e. The first-order valence-electron chi connectivity index (χ1n) is 5.57. The molecular weight excluding hydrogens is 220 g/mol. The van der Waals surface area contributed by atoms with Gasteiger partial charge in [-0.05, 0) is 6.42 Å². The average molecular weight is 234 g/mol. The third-order valence-corrected chi connectivity index (χ3v) is 3.20. The molecule has 2 atom stereocenters. The van der Waals surface area contributed by atoms with Crippen LogP contribution in [0.4, 0.5) is 5.82 Å². The summed E-state index contributed by atoms with van der Waals surface area (Å²) in [7, 11) is 0. The van der Waals surface area contributed by atoms with Crippen LogP contribution in [0.5, 0.6) is 0 Å². The highest BCUT2D eigenvalue weighted by Crippen LogP contribution is 2.24. The van der Waals surface area contributed by atoms with Gasteiger partial charge in [-0.25, -0.2) is 15.0 Å². The summed E-state index contributed by atoms with van der Waals surface area (Å²) in [6.07, 6.45) is 4.05. The summed E-state index contributed by atoms with van der Waals surface area (Å²) >= 11 is 0. The van der Waals surface area contributed by atoms with E-state index in [-0.39, 0.29) is 18.7 Å². The first-order valence-corrected chi connectivity index (χ1v) is 5.57. The molecule has 1 aliphatic heterocycles. The van der Waals surface area contributed by atoms with Gasteiger partial charge in [0.25, 0.3) is 0 Å². The monoisotopic (exact) mass is 234 g/mol. The second-order valence-electron chi connectivity index (χ2n) is 4.26. The zero-order chi connectivity index (χ0) is 11.8. The number of hydrogen-bond donors (Lipinski definition) is 3. The SMILES string of the molecule is Nc1ncnc2c1ncn2C1CN[C@@H](CO)C1. The van der Waals surface area contributed by atoms with E-state index in [1.807, 2.05) is 4.57 Å². The normalized spacial score (nSPS) is 24.5. The van der Waals surface area contributed by atoms with E-state index < -0.39 is 0 Å². The number of nitrogen functional groups attached to an aromatic ring is 1. The summed E-state index contributed by atoms with van der Waals surface area (Å²) in [5, 5.41) is 12.4. The number of anilines is 1. The maximum atomic E-state index is 9.11. The topological polar surface area (TPSA) is 102 Å². The van der Waals surface area contributed by atoms with Crippen LogP contribution in [0, 0.1) is 0 Å². The van der Waals surface area contributed by atoms with Gasteiger partial charge in [-0.3, -0.25) is 0 Å². The number of nitrogens with one attached hydrogen (secondary N) is 1. The van der Waals surface area contributed by atoms with Gasteiger partial charge in [-0.15, -0.1) is 0 Å². The van der Waals surface area contributed by atoms with Crippen LogP contribution in [0.3, 0.4) is 0 Å². The number of fused-ring (bicyclic) bond motifs is 1. The molecule has 0 spiro atoms. The van der Waals surface area contributed by atoms with Crippen molar-refractivity contribution in [3.05, 3.63) is 12.7 Å². The van der Waals surface area contributed by atoms with Crippen LogP contribution in [-0.4, -0.2) is 43.8 Å². The van der Waals surface area contributed by atoms with Gasteiger partial charge >= 0.3 is 0 Å². The van der Waals surface area contributed by atoms with Crippen molar-refractivity contribution in [3.63, 3.8) is 0 Å². The van der Waals surface area contributed by atoms with Gasteiger partial charge in [0.05, 0.1) is 19.0 Å². The van der Waals surface area contributed by atoms with Crippen molar-refractivity contribution in [3.8, 4) is 0 Å². The lowest BCUT2D eigenvalue weighted by Gasteiger charge is -2.11. The zero-order valence-electron chi connectivity index (χ0n) is 9.24. The Labute approximate surface area is 97.7 Å². The quantitative estimate of drug-likeness (QED) is 0.635. The summed E-state index contributed by atoms with van der Waals surface area (Å²) in [6.45, 7) is 0.959. The molecular formula is C10H14N6O. The van der Waals surface area contributed by atoms with E-state index in [4.69, 9.17) is 10.8 Å². The molecule has 1 aliphatic rings. The molecule has 7 nitrogen and oxygen atoms in total. The van der Waals surface area contributed by atoms with Gasteiger partial charge < -0.3 is 20.7 Å². The molecule has 3 heterocycles. The Bertz CT molecular complexity index is 539. The van der Waals surface area contributed by atoms with E-state index >= 15 is 0 Å². The minimum atomic E-state index is 0.150. The Morgan fingerprint density at radius 2 is 2.35 bits per heavy atom. The highest BCUT2D eigenvalue weighted by atomic mass is 16.3. The molecule has 0 bridgehead atoms. The van der Waals surface area contributed by atoms with Gasteiger partial charge in [0.2, 0.25) is 0 Å². The number of aromatic nitrogens is 4. The second-order valence-corrected chi connectivity index (χ2v) is 4.26. The Morgan fingerprint density at radius 1 is 1.47 bits per heavy atom. The molecule has 1 unspecified atom stereocenters.